The zero-order valence-electron chi connectivity index (χ0n) is 8.11. The molecule has 1 aliphatic heterocycles. The van der Waals surface area contributed by atoms with Crippen molar-refractivity contribution in [1.82, 2.24) is 5.32 Å². The van der Waals surface area contributed by atoms with Gasteiger partial charge in [-0.15, -0.1) is 0 Å². The van der Waals surface area contributed by atoms with Crippen LogP contribution in [0.5, 0.6) is 0 Å². The van der Waals surface area contributed by atoms with Crippen molar-refractivity contribution in [3.05, 3.63) is 35.9 Å². The van der Waals surface area contributed by atoms with E-state index in [4.69, 9.17) is 0 Å². The van der Waals surface area contributed by atoms with Gasteiger partial charge in [0.15, 0.2) is 0 Å². The highest BCUT2D eigenvalue weighted by atomic mass is 32.2. The third-order valence-corrected chi connectivity index (χ3v) is 3.91. The molecule has 2 nitrogen and oxygen atoms in total. The number of benzene rings is 1. The molecule has 2 unspecified atom stereocenters. The summed E-state index contributed by atoms with van der Waals surface area (Å²) in [6, 6.07) is 10.8. The second-order valence-electron chi connectivity index (χ2n) is 3.65. The zero-order chi connectivity index (χ0) is 9.80. The van der Waals surface area contributed by atoms with Crippen LogP contribution in [0.25, 0.3) is 0 Å². The summed E-state index contributed by atoms with van der Waals surface area (Å²) in [6.07, 6.45) is 0.993. The van der Waals surface area contributed by atoms with Gasteiger partial charge in [-0.2, -0.15) is 0 Å². The molecule has 0 bridgehead atoms. The van der Waals surface area contributed by atoms with Crippen LogP contribution < -0.4 is 5.32 Å². The highest BCUT2D eigenvalue weighted by molar-refractivity contribution is 7.85. The molecule has 0 aromatic heterocycles. The molecule has 1 aromatic rings. The molecule has 2 rings (SSSR count). The number of nitrogens with one attached hydrogen (secondary N) is 1. The predicted octanol–water partition coefficient (Wildman–Crippen LogP) is 0.950. The van der Waals surface area contributed by atoms with E-state index in [0.717, 1.165) is 24.5 Å². The maximum Gasteiger partial charge on any atom is 0.0392 e. The third kappa shape index (κ3) is 2.66. The second-order valence-corrected chi connectivity index (χ2v) is 5.27. The molecular formula is C11H15NOS. The van der Waals surface area contributed by atoms with Crippen LogP contribution >= 0.6 is 0 Å². The summed E-state index contributed by atoms with van der Waals surface area (Å²) in [5.41, 5.74) is 1.32. The molecule has 1 heterocycles. The molecule has 1 aliphatic rings. The normalized spacial score (nSPS) is 27.4. The first kappa shape index (κ1) is 9.87. The summed E-state index contributed by atoms with van der Waals surface area (Å²) < 4.78 is 11.3. The number of hydrogen-bond donors (Lipinski definition) is 1. The molecular weight excluding hydrogens is 194 g/mol. The number of hydrogen-bond acceptors (Lipinski definition) is 2. The smallest absolute Gasteiger partial charge is 0.0392 e. The SMILES string of the molecule is O=S1CCNC(Cc2ccccc2)C1. The van der Waals surface area contributed by atoms with Gasteiger partial charge in [0.05, 0.1) is 0 Å². The summed E-state index contributed by atoms with van der Waals surface area (Å²) in [7, 11) is -0.606. The van der Waals surface area contributed by atoms with E-state index in [0.29, 0.717) is 6.04 Å². The van der Waals surface area contributed by atoms with Gasteiger partial charge in [0.1, 0.15) is 0 Å². The van der Waals surface area contributed by atoms with E-state index in [-0.39, 0.29) is 0 Å². The van der Waals surface area contributed by atoms with Gasteiger partial charge >= 0.3 is 0 Å². The fourth-order valence-corrected chi connectivity index (χ4v) is 2.97. The van der Waals surface area contributed by atoms with Gasteiger partial charge in [-0.05, 0) is 12.0 Å². The molecule has 0 saturated carbocycles. The van der Waals surface area contributed by atoms with Gasteiger partial charge in [-0.1, -0.05) is 30.3 Å². The van der Waals surface area contributed by atoms with E-state index in [2.05, 4.69) is 29.6 Å². The van der Waals surface area contributed by atoms with Crippen molar-refractivity contribution >= 4 is 10.8 Å². The highest BCUT2D eigenvalue weighted by Crippen LogP contribution is 2.06. The lowest BCUT2D eigenvalue weighted by Crippen LogP contribution is -2.43. The van der Waals surface area contributed by atoms with Gasteiger partial charge in [0.25, 0.3) is 0 Å². The van der Waals surface area contributed by atoms with E-state index < -0.39 is 10.8 Å². The molecule has 3 heteroatoms. The molecule has 1 N–H and O–H groups in total. The lowest BCUT2D eigenvalue weighted by Gasteiger charge is -2.22. The van der Waals surface area contributed by atoms with Gasteiger partial charge in [-0.3, -0.25) is 4.21 Å². The first-order valence-electron chi connectivity index (χ1n) is 4.97. The second kappa shape index (κ2) is 4.71. The molecule has 1 saturated heterocycles. The van der Waals surface area contributed by atoms with E-state index in [1.54, 1.807) is 0 Å². The molecule has 0 radical (unpaired) electrons. The molecule has 0 amide bonds. The number of rotatable bonds is 2. The third-order valence-electron chi connectivity index (χ3n) is 2.47. The Morgan fingerprint density at radius 2 is 2.14 bits per heavy atom. The van der Waals surface area contributed by atoms with Crippen LogP contribution in [0.2, 0.25) is 0 Å². The van der Waals surface area contributed by atoms with Crippen molar-refractivity contribution in [3.63, 3.8) is 0 Å². The van der Waals surface area contributed by atoms with Crippen LogP contribution in [0.3, 0.4) is 0 Å². The molecule has 2 atom stereocenters. The Morgan fingerprint density at radius 1 is 1.36 bits per heavy atom. The zero-order valence-corrected chi connectivity index (χ0v) is 8.93. The van der Waals surface area contributed by atoms with Crippen LogP contribution in [0, 0.1) is 0 Å². The Morgan fingerprint density at radius 3 is 2.86 bits per heavy atom. The van der Waals surface area contributed by atoms with Crippen molar-refractivity contribution in [3.8, 4) is 0 Å². The van der Waals surface area contributed by atoms with Crippen molar-refractivity contribution < 1.29 is 4.21 Å². The lowest BCUT2D eigenvalue weighted by molar-refractivity contribution is 0.546. The largest absolute Gasteiger partial charge is 0.312 e. The fraction of sp³-hybridized carbons (Fsp3) is 0.455. The summed E-state index contributed by atoms with van der Waals surface area (Å²) >= 11 is 0. The standard InChI is InChI=1S/C11H15NOS/c13-14-7-6-12-11(9-14)8-10-4-2-1-3-5-10/h1-5,11-12H,6-9H2. The minimum absolute atomic E-state index is 0.395. The predicted molar refractivity (Wildman–Crippen MR) is 59.8 cm³/mol. The highest BCUT2D eigenvalue weighted by Gasteiger charge is 2.17. The lowest BCUT2D eigenvalue weighted by atomic mass is 10.1. The summed E-state index contributed by atoms with van der Waals surface area (Å²) in [5, 5.41) is 3.40. The summed E-state index contributed by atoms with van der Waals surface area (Å²) in [5.74, 6) is 1.61. The van der Waals surface area contributed by atoms with E-state index >= 15 is 0 Å². The fourth-order valence-electron chi connectivity index (χ4n) is 1.77. The Kier molecular flexibility index (Phi) is 3.32. The Balaban J connectivity index is 1.94. The first-order valence-corrected chi connectivity index (χ1v) is 6.46. The van der Waals surface area contributed by atoms with Crippen molar-refractivity contribution in [2.24, 2.45) is 0 Å². The van der Waals surface area contributed by atoms with Crippen LogP contribution in [0.15, 0.2) is 30.3 Å². The van der Waals surface area contributed by atoms with Crippen LogP contribution in [-0.4, -0.2) is 28.3 Å². The Bertz CT molecular complexity index is 312. The topological polar surface area (TPSA) is 29.1 Å². The summed E-state index contributed by atoms with van der Waals surface area (Å²) in [4.78, 5) is 0. The van der Waals surface area contributed by atoms with E-state index in [1.165, 1.54) is 5.56 Å². The molecule has 1 fully saturated rings. The monoisotopic (exact) mass is 209 g/mol. The van der Waals surface area contributed by atoms with Gasteiger partial charge in [-0.25, -0.2) is 0 Å². The molecule has 0 spiro atoms. The van der Waals surface area contributed by atoms with Crippen molar-refractivity contribution in [2.45, 2.75) is 12.5 Å². The summed E-state index contributed by atoms with van der Waals surface area (Å²) in [6.45, 7) is 0.893. The van der Waals surface area contributed by atoms with Gasteiger partial charge < -0.3 is 5.32 Å². The molecule has 1 aromatic carbocycles. The minimum atomic E-state index is -0.606. The maximum absolute atomic E-state index is 11.3. The van der Waals surface area contributed by atoms with Crippen molar-refractivity contribution in [1.29, 1.82) is 0 Å². The molecule has 76 valence electrons. The van der Waals surface area contributed by atoms with Crippen LogP contribution in [0.4, 0.5) is 0 Å². The quantitative estimate of drug-likeness (QED) is 0.785. The van der Waals surface area contributed by atoms with Crippen LogP contribution in [-0.2, 0) is 17.2 Å². The average Bonchev–Trinajstić information content (AvgIpc) is 2.19. The van der Waals surface area contributed by atoms with E-state index in [9.17, 15) is 4.21 Å². The van der Waals surface area contributed by atoms with Gasteiger partial charge in [0.2, 0.25) is 0 Å². The van der Waals surface area contributed by atoms with E-state index in [1.807, 2.05) is 6.07 Å². The maximum atomic E-state index is 11.3. The average molecular weight is 209 g/mol. The molecule has 14 heavy (non-hydrogen) atoms. The molecule has 0 aliphatic carbocycles. The minimum Gasteiger partial charge on any atom is -0.312 e. The van der Waals surface area contributed by atoms with Gasteiger partial charge in [0, 0.05) is 34.9 Å². The first-order chi connectivity index (χ1) is 6.84. The Labute approximate surface area is 87.2 Å². The van der Waals surface area contributed by atoms with Crippen molar-refractivity contribution in [2.75, 3.05) is 18.1 Å². The Hall–Kier alpha value is -0.670. The van der Waals surface area contributed by atoms with Crippen LogP contribution in [0.1, 0.15) is 5.56 Å².